The van der Waals surface area contributed by atoms with Crippen LogP contribution in [0.25, 0.3) is 0 Å². The summed E-state index contributed by atoms with van der Waals surface area (Å²) >= 11 is 4.62. The summed E-state index contributed by atoms with van der Waals surface area (Å²) in [7, 11) is 0. The van der Waals surface area contributed by atoms with Gasteiger partial charge in [0.1, 0.15) is 0 Å². The normalized spacial score (nSPS) is 18.6. The molecule has 0 saturated heterocycles. The summed E-state index contributed by atoms with van der Waals surface area (Å²) in [5.41, 5.74) is 3.37. The molecule has 0 saturated carbocycles. The van der Waals surface area contributed by atoms with Crippen LogP contribution in [0.4, 0.5) is 18.9 Å². The molecule has 1 amide bonds. The first-order valence-electron chi connectivity index (χ1n) is 8.50. The van der Waals surface area contributed by atoms with E-state index >= 15 is 0 Å². The second-order valence-corrected chi connectivity index (χ2v) is 8.16. The van der Waals surface area contributed by atoms with Crippen molar-refractivity contribution in [2.75, 3.05) is 4.90 Å². The van der Waals surface area contributed by atoms with E-state index in [9.17, 15) is 18.0 Å². The number of benzene rings is 2. The lowest BCUT2D eigenvalue weighted by atomic mass is 10.1. The Balaban J connectivity index is 1.45. The van der Waals surface area contributed by atoms with Gasteiger partial charge >= 0.3 is 6.18 Å². The molecule has 0 aromatic heterocycles. The van der Waals surface area contributed by atoms with Crippen molar-refractivity contribution in [1.29, 1.82) is 0 Å². The smallest absolute Gasteiger partial charge is 0.294 e. The Morgan fingerprint density at radius 2 is 1.90 bits per heavy atom. The SMILES string of the molecule is O=C1C2NN=C(SCc3cccc(C(F)(F)F)c3)N2C=CN1c1ccc(Br)cc1. The zero-order valence-corrected chi connectivity index (χ0v) is 17.1. The van der Waals surface area contributed by atoms with Crippen molar-refractivity contribution in [1.82, 2.24) is 10.3 Å². The summed E-state index contributed by atoms with van der Waals surface area (Å²) in [6, 6.07) is 12.5. The fourth-order valence-electron chi connectivity index (χ4n) is 2.92. The molecule has 0 fully saturated rings. The standard InChI is InChI=1S/C19H14BrF3N4OS/c20-14-4-6-15(7-5-14)26-8-9-27-16(17(26)28)24-25-18(27)29-11-12-2-1-3-13(10-12)19(21,22)23/h1-10,16,24H,11H2. The van der Waals surface area contributed by atoms with E-state index in [1.54, 1.807) is 23.4 Å². The molecule has 2 aromatic rings. The summed E-state index contributed by atoms with van der Waals surface area (Å²) in [4.78, 5) is 16.0. The highest BCUT2D eigenvalue weighted by molar-refractivity contribution is 9.10. The number of hydrogen-bond donors (Lipinski definition) is 1. The molecule has 1 unspecified atom stereocenters. The number of nitrogens with one attached hydrogen (secondary N) is 1. The first-order chi connectivity index (χ1) is 13.8. The molecule has 1 N–H and O–H groups in total. The molecule has 0 aliphatic carbocycles. The van der Waals surface area contributed by atoms with Gasteiger partial charge in [0.2, 0.25) is 6.17 Å². The lowest BCUT2D eigenvalue weighted by Crippen LogP contribution is -2.52. The average molecular weight is 483 g/mol. The molecule has 0 radical (unpaired) electrons. The number of carbonyl (C=O) groups excluding carboxylic acids is 1. The highest BCUT2D eigenvalue weighted by atomic mass is 79.9. The van der Waals surface area contributed by atoms with Crippen molar-refractivity contribution < 1.29 is 18.0 Å². The molecule has 29 heavy (non-hydrogen) atoms. The Morgan fingerprint density at radius 3 is 2.62 bits per heavy atom. The van der Waals surface area contributed by atoms with Crippen molar-refractivity contribution in [3.63, 3.8) is 0 Å². The number of hydrogen-bond acceptors (Lipinski definition) is 5. The summed E-state index contributed by atoms with van der Waals surface area (Å²) in [6.07, 6.45) is -1.69. The number of carbonyl (C=O) groups is 1. The Morgan fingerprint density at radius 1 is 1.14 bits per heavy atom. The summed E-state index contributed by atoms with van der Waals surface area (Å²) in [5.74, 6) is 0.0970. The molecule has 2 aliphatic heterocycles. The van der Waals surface area contributed by atoms with Crippen molar-refractivity contribution >= 4 is 44.5 Å². The minimum atomic E-state index is -4.38. The lowest BCUT2D eigenvalue weighted by molar-refractivity contribution is -0.137. The van der Waals surface area contributed by atoms with Gasteiger partial charge in [0.25, 0.3) is 5.91 Å². The molecule has 5 nitrogen and oxygen atoms in total. The largest absolute Gasteiger partial charge is 0.416 e. The van der Waals surface area contributed by atoms with E-state index in [0.29, 0.717) is 16.5 Å². The topological polar surface area (TPSA) is 47.9 Å². The van der Waals surface area contributed by atoms with Crippen LogP contribution in [0, 0.1) is 0 Å². The number of amides is 1. The fraction of sp³-hybridized carbons (Fsp3) is 0.158. The number of anilines is 1. The first-order valence-corrected chi connectivity index (χ1v) is 10.3. The minimum Gasteiger partial charge on any atom is -0.294 e. The molecule has 2 aliphatic rings. The summed E-state index contributed by atoms with van der Waals surface area (Å²) < 4.78 is 39.5. The van der Waals surface area contributed by atoms with Gasteiger partial charge < -0.3 is 0 Å². The van der Waals surface area contributed by atoms with E-state index in [0.717, 1.165) is 22.3 Å². The Kier molecular flexibility index (Phi) is 5.30. The van der Waals surface area contributed by atoms with E-state index in [1.807, 2.05) is 24.3 Å². The number of halogens is 4. The molecule has 4 rings (SSSR count). The van der Waals surface area contributed by atoms with E-state index in [1.165, 1.54) is 22.7 Å². The van der Waals surface area contributed by atoms with Gasteiger partial charge in [-0.25, -0.2) is 0 Å². The quantitative estimate of drug-likeness (QED) is 0.687. The second-order valence-electron chi connectivity index (χ2n) is 6.30. The number of amidine groups is 1. The first kappa shape index (κ1) is 19.8. The maximum absolute atomic E-state index is 12.9. The molecular weight excluding hydrogens is 469 g/mol. The molecule has 1 atom stereocenters. The third-order valence-electron chi connectivity index (χ3n) is 4.36. The van der Waals surface area contributed by atoms with E-state index in [-0.39, 0.29) is 5.91 Å². The lowest BCUT2D eigenvalue weighted by Gasteiger charge is -2.31. The molecule has 2 aromatic carbocycles. The van der Waals surface area contributed by atoms with Gasteiger partial charge in [-0.1, -0.05) is 45.9 Å². The van der Waals surface area contributed by atoms with Crippen LogP contribution in [0.1, 0.15) is 11.1 Å². The van der Waals surface area contributed by atoms with Gasteiger partial charge in [-0.15, -0.1) is 0 Å². The molecule has 150 valence electrons. The molecular formula is C19H14BrF3N4OS. The number of thioether (sulfide) groups is 1. The van der Waals surface area contributed by atoms with Crippen LogP contribution in [0.5, 0.6) is 0 Å². The number of nitrogens with zero attached hydrogens (tertiary/aromatic N) is 3. The maximum Gasteiger partial charge on any atom is 0.416 e. The van der Waals surface area contributed by atoms with Crippen LogP contribution in [0.3, 0.4) is 0 Å². The maximum atomic E-state index is 12.9. The van der Waals surface area contributed by atoms with Gasteiger partial charge in [0.05, 0.1) is 5.56 Å². The molecule has 10 heteroatoms. The highest BCUT2D eigenvalue weighted by Gasteiger charge is 2.38. The monoisotopic (exact) mass is 482 g/mol. The summed E-state index contributed by atoms with van der Waals surface area (Å²) in [5, 5.41) is 4.71. The zero-order chi connectivity index (χ0) is 20.6. The van der Waals surface area contributed by atoms with Crippen LogP contribution in [-0.2, 0) is 16.7 Å². The van der Waals surface area contributed by atoms with Crippen molar-refractivity contribution in [2.45, 2.75) is 18.1 Å². The number of rotatable bonds is 3. The second kappa shape index (κ2) is 7.75. The third kappa shape index (κ3) is 4.13. The van der Waals surface area contributed by atoms with Crippen LogP contribution in [0.2, 0.25) is 0 Å². The number of fused-ring (bicyclic) bond motifs is 1. The molecule has 0 bridgehead atoms. The minimum absolute atomic E-state index is 0.201. The van der Waals surface area contributed by atoms with Crippen LogP contribution >= 0.6 is 27.7 Å². The van der Waals surface area contributed by atoms with Crippen molar-refractivity contribution in [2.24, 2.45) is 5.10 Å². The van der Waals surface area contributed by atoms with Gasteiger partial charge in [-0.2, -0.15) is 18.3 Å². The predicted molar refractivity (Wildman–Crippen MR) is 110 cm³/mol. The average Bonchev–Trinajstić information content (AvgIpc) is 3.11. The number of hydrazone groups is 1. The predicted octanol–water partition coefficient (Wildman–Crippen LogP) is 4.72. The molecule has 0 spiro atoms. The van der Waals surface area contributed by atoms with Crippen molar-refractivity contribution in [3.05, 3.63) is 76.5 Å². The van der Waals surface area contributed by atoms with E-state index in [4.69, 9.17) is 0 Å². The van der Waals surface area contributed by atoms with Crippen LogP contribution < -0.4 is 10.3 Å². The van der Waals surface area contributed by atoms with Gasteiger partial charge in [-0.3, -0.25) is 20.0 Å². The molecule has 2 heterocycles. The third-order valence-corrected chi connectivity index (χ3v) is 5.92. The van der Waals surface area contributed by atoms with Crippen LogP contribution in [-0.4, -0.2) is 22.1 Å². The van der Waals surface area contributed by atoms with Gasteiger partial charge in [0.15, 0.2) is 5.17 Å². The highest BCUT2D eigenvalue weighted by Crippen LogP contribution is 2.31. The van der Waals surface area contributed by atoms with Crippen molar-refractivity contribution in [3.8, 4) is 0 Å². The Hall–Kier alpha value is -2.46. The Labute approximate surface area is 177 Å². The summed E-state index contributed by atoms with van der Waals surface area (Å²) in [6.45, 7) is 0. The van der Waals surface area contributed by atoms with Gasteiger partial charge in [0, 0.05) is 28.3 Å². The fourth-order valence-corrected chi connectivity index (χ4v) is 4.09. The Bertz CT molecular complexity index is 994. The van der Waals surface area contributed by atoms with Crippen LogP contribution in [0.15, 0.2) is 70.5 Å². The van der Waals surface area contributed by atoms with E-state index in [2.05, 4.69) is 26.5 Å². The van der Waals surface area contributed by atoms with E-state index < -0.39 is 17.9 Å². The number of alkyl halides is 3. The van der Waals surface area contributed by atoms with Gasteiger partial charge in [-0.05, 0) is 35.9 Å². The zero-order valence-electron chi connectivity index (χ0n) is 14.7.